The van der Waals surface area contributed by atoms with E-state index in [1.54, 1.807) is 6.07 Å². The number of phenolic OH excluding ortho intramolecular Hbond substituents is 1. The van der Waals surface area contributed by atoms with Gasteiger partial charge in [0.25, 0.3) is 0 Å². The van der Waals surface area contributed by atoms with Crippen LogP contribution in [0.5, 0.6) is 17.2 Å². The zero-order chi connectivity index (χ0) is 19.5. The zero-order valence-corrected chi connectivity index (χ0v) is 16.9. The van der Waals surface area contributed by atoms with Crippen molar-refractivity contribution in [2.75, 3.05) is 37.9 Å². The molecule has 150 valence electrons. The van der Waals surface area contributed by atoms with Gasteiger partial charge in [0.1, 0.15) is 5.75 Å². The lowest BCUT2D eigenvalue weighted by Crippen LogP contribution is -2.34. The summed E-state index contributed by atoms with van der Waals surface area (Å²) in [7, 11) is 0. The predicted octanol–water partition coefficient (Wildman–Crippen LogP) is 4.54. The van der Waals surface area contributed by atoms with E-state index in [1.165, 1.54) is 30.5 Å². The second-order valence-corrected chi connectivity index (χ2v) is 7.53. The van der Waals surface area contributed by atoms with Gasteiger partial charge >= 0.3 is 0 Å². The molecular formula is C23H30N2O3. The molecule has 2 aromatic carbocycles. The maximum atomic E-state index is 10.8. The van der Waals surface area contributed by atoms with Crippen molar-refractivity contribution >= 4 is 5.69 Å². The van der Waals surface area contributed by atoms with Crippen LogP contribution in [0.1, 0.15) is 50.3 Å². The van der Waals surface area contributed by atoms with E-state index in [-0.39, 0.29) is 18.6 Å². The molecule has 4 rings (SSSR count). The smallest absolute Gasteiger partial charge is 0.231 e. The first-order valence-electron chi connectivity index (χ1n) is 10.4. The average molecular weight is 383 g/mol. The Morgan fingerprint density at radius 3 is 2.25 bits per heavy atom. The Balaban J connectivity index is 1.72. The van der Waals surface area contributed by atoms with E-state index in [4.69, 9.17) is 9.47 Å². The van der Waals surface area contributed by atoms with Gasteiger partial charge in [-0.15, -0.1) is 0 Å². The van der Waals surface area contributed by atoms with Gasteiger partial charge < -0.3 is 19.5 Å². The second-order valence-electron chi connectivity index (χ2n) is 7.53. The van der Waals surface area contributed by atoms with Gasteiger partial charge in [-0.3, -0.25) is 4.90 Å². The van der Waals surface area contributed by atoms with Crippen molar-refractivity contribution in [3.63, 3.8) is 0 Å². The van der Waals surface area contributed by atoms with E-state index in [0.717, 1.165) is 37.5 Å². The Kier molecular flexibility index (Phi) is 5.62. The number of nitrogens with zero attached hydrogens (tertiary/aromatic N) is 2. The van der Waals surface area contributed by atoms with Crippen molar-refractivity contribution in [1.82, 2.24) is 4.90 Å². The minimum Gasteiger partial charge on any atom is -0.507 e. The van der Waals surface area contributed by atoms with Gasteiger partial charge in [0, 0.05) is 30.4 Å². The maximum Gasteiger partial charge on any atom is 0.231 e. The Labute approximate surface area is 167 Å². The maximum absolute atomic E-state index is 10.8. The zero-order valence-electron chi connectivity index (χ0n) is 16.9. The molecule has 2 aliphatic heterocycles. The molecule has 0 saturated carbocycles. The first kappa shape index (κ1) is 18.9. The molecule has 0 spiro atoms. The van der Waals surface area contributed by atoms with E-state index in [2.05, 4.69) is 47.9 Å². The van der Waals surface area contributed by atoms with Crippen molar-refractivity contribution in [2.24, 2.45) is 0 Å². The Morgan fingerprint density at radius 2 is 1.61 bits per heavy atom. The number of aromatic hydroxyl groups is 1. The molecule has 0 radical (unpaired) electrons. The van der Waals surface area contributed by atoms with Crippen LogP contribution >= 0.6 is 0 Å². The molecule has 1 atom stereocenters. The SMILES string of the molecule is CCN(CC)c1ccc(C(c2cc3c(cc2O)OCO3)N2CCCCC2)cc1. The number of ether oxygens (including phenoxy) is 2. The van der Waals surface area contributed by atoms with Crippen molar-refractivity contribution in [3.8, 4) is 17.2 Å². The predicted molar refractivity (Wildman–Crippen MR) is 111 cm³/mol. The van der Waals surface area contributed by atoms with Crippen LogP contribution in [-0.2, 0) is 0 Å². The van der Waals surface area contributed by atoms with Gasteiger partial charge in [-0.05, 0) is 63.5 Å². The second kappa shape index (κ2) is 8.31. The summed E-state index contributed by atoms with van der Waals surface area (Å²) in [5.74, 6) is 1.61. The molecule has 5 nitrogen and oxygen atoms in total. The van der Waals surface area contributed by atoms with Crippen molar-refractivity contribution in [2.45, 2.75) is 39.2 Å². The van der Waals surface area contributed by atoms with Crippen LogP contribution in [0, 0.1) is 0 Å². The van der Waals surface area contributed by atoms with Crippen LogP contribution in [0.2, 0.25) is 0 Å². The number of phenols is 1. The quantitative estimate of drug-likeness (QED) is 0.794. The van der Waals surface area contributed by atoms with Crippen molar-refractivity contribution in [3.05, 3.63) is 47.5 Å². The molecule has 2 heterocycles. The van der Waals surface area contributed by atoms with E-state index < -0.39 is 0 Å². The van der Waals surface area contributed by atoms with Crippen LogP contribution < -0.4 is 14.4 Å². The third kappa shape index (κ3) is 3.63. The van der Waals surface area contributed by atoms with E-state index in [0.29, 0.717) is 5.75 Å². The summed E-state index contributed by atoms with van der Waals surface area (Å²) in [6.45, 7) is 8.64. The third-order valence-corrected chi connectivity index (χ3v) is 5.91. The van der Waals surface area contributed by atoms with Gasteiger partial charge in [-0.2, -0.15) is 0 Å². The van der Waals surface area contributed by atoms with Gasteiger partial charge in [-0.1, -0.05) is 18.6 Å². The van der Waals surface area contributed by atoms with Crippen LogP contribution in [0.25, 0.3) is 0 Å². The van der Waals surface area contributed by atoms with Crippen LogP contribution in [-0.4, -0.2) is 43.0 Å². The summed E-state index contributed by atoms with van der Waals surface area (Å²) >= 11 is 0. The molecule has 0 amide bonds. The van der Waals surface area contributed by atoms with E-state index in [1.807, 2.05) is 6.07 Å². The fraction of sp³-hybridized carbons (Fsp3) is 0.478. The monoisotopic (exact) mass is 382 g/mol. The highest BCUT2D eigenvalue weighted by atomic mass is 16.7. The van der Waals surface area contributed by atoms with Crippen LogP contribution in [0.3, 0.4) is 0 Å². The number of piperidine rings is 1. The number of benzene rings is 2. The van der Waals surface area contributed by atoms with E-state index in [9.17, 15) is 5.11 Å². The molecule has 0 bridgehead atoms. The molecule has 1 N–H and O–H groups in total. The molecule has 28 heavy (non-hydrogen) atoms. The first-order valence-corrected chi connectivity index (χ1v) is 10.4. The van der Waals surface area contributed by atoms with E-state index >= 15 is 0 Å². The minimum absolute atomic E-state index is 0.0144. The van der Waals surface area contributed by atoms with Crippen molar-refractivity contribution in [1.29, 1.82) is 0 Å². The summed E-state index contributed by atoms with van der Waals surface area (Å²) in [6, 6.07) is 12.5. The highest BCUT2D eigenvalue weighted by Gasteiger charge is 2.29. The fourth-order valence-electron chi connectivity index (χ4n) is 4.39. The Bertz CT molecular complexity index is 796. The summed E-state index contributed by atoms with van der Waals surface area (Å²) in [4.78, 5) is 4.82. The fourth-order valence-corrected chi connectivity index (χ4v) is 4.39. The molecule has 2 aliphatic rings. The first-order chi connectivity index (χ1) is 13.7. The topological polar surface area (TPSA) is 45.2 Å². The number of likely N-dealkylation sites (tertiary alicyclic amines) is 1. The number of fused-ring (bicyclic) bond motifs is 1. The number of rotatable bonds is 6. The van der Waals surface area contributed by atoms with Crippen LogP contribution in [0.4, 0.5) is 5.69 Å². The number of hydrogen-bond acceptors (Lipinski definition) is 5. The number of hydrogen-bond donors (Lipinski definition) is 1. The summed E-state index contributed by atoms with van der Waals surface area (Å²) < 4.78 is 11.0. The van der Waals surface area contributed by atoms with Gasteiger partial charge in [0.2, 0.25) is 6.79 Å². The lowest BCUT2D eigenvalue weighted by molar-refractivity contribution is 0.173. The molecule has 5 heteroatoms. The summed E-state index contributed by atoms with van der Waals surface area (Å²) in [5.41, 5.74) is 3.33. The molecular weight excluding hydrogens is 352 g/mol. The van der Waals surface area contributed by atoms with Gasteiger partial charge in [0.15, 0.2) is 11.5 Å². The molecule has 0 aromatic heterocycles. The molecule has 1 fully saturated rings. The largest absolute Gasteiger partial charge is 0.507 e. The lowest BCUT2D eigenvalue weighted by atomic mass is 9.93. The molecule has 1 saturated heterocycles. The molecule has 2 aromatic rings. The van der Waals surface area contributed by atoms with Crippen LogP contribution in [0.15, 0.2) is 36.4 Å². The van der Waals surface area contributed by atoms with Crippen molar-refractivity contribution < 1.29 is 14.6 Å². The highest BCUT2D eigenvalue weighted by molar-refractivity contribution is 5.55. The standard InChI is InChI=1S/C23H30N2O3/c1-3-24(4-2)18-10-8-17(9-11-18)23(25-12-6-5-7-13-25)19-14-21-22(15-20(19)26)28-16-27-21/h8-11,14-15,23,26H,3-7,12-13,16H2,1-2H3. The average Bonchev–Trinajstić information content (AvgIpc) is 3.18. The summed E-state index contributed by atoms with van der Waals surface area (Å²) in [6.07, 6.45) is 3.66. The molecule has 0 aliphatic carbocycles. The highest BCUT2D eigenvalue weighted by Crippen LogP contribution is 2.43. The summed E-state index contributed by atoms with van der Waals surface area (Å²) in [5, 5.41) is 10.8. The Hall–Kier alpha value is -2.40. The Morgan fingerprint density at radius 1 is 0.964 bits per heavy atom. The normalized spacial score (nSPS) is 17.5. The minimum atomic E-state index is 0.0144. The third-order valence-electron chi connectivity index (χ3n) is 5.91. The van der Waals surface area contributed by atoms with Gasteiger partial charge in [-0.25, -0.2) is 0 Å². The number of anilines is 1. The molecule has 1 unspecified atom stereocenters. The van der Waals surface area contributed by atoms with Gasteiger partial charge in [0.05, 0.1) is 6.04 Å². The lowest BCUT2D eigenvalue weighted by Gasteiger charge is -2.35.